The number of carbonyl (C=O) groups is 4. The summed E-state index contributed by atoms with van der Waals surface area (Å²) >= 11 is 0. The first kappa shape index (κ1) is 29.2. The Morgan fingerprint density at radius 2 is 1.41 bits per heavy atom. The van der Waals surface area contributed by atoms with Gasteiger partial charge in [0, 0.05) is 0 Å². The highest BCUT2D eigenvalue weighted by molar-refractivity contribution is 5.93. The van der Waals surface area contributed by atoms with Gasteiger partial charge in [-0.05, 0) is 57.3 Å². The Bertz CT molecular complexity index is 774. The van der Waals surface area contributed by atoms with E-state index < -0.39 is 36.0 Å². The topological polar surface area (TPSA) is 168 Å². The van der Waals surface area contributed by atoms with Crippen molar-refractivity contribution in [3.8, 4) is 0 Å². The predicted octanol–water partition coefficient (Wildman–Crippen LogP) is -0.786. The highest BCUT2D eigenvalue weighted by Gasteiger charge is 2.29. The van der Waals surface area contributed by atoms with Crippen molar-refractivity contribution in [1.82, 2.24) is 21.3 Å². The van der Waals surface area contributed by atoms with Gasteiger partial charge in [0.1, 0.15) is 18.4 Å². The number of benzene rings is 1. The lowest BCUT2D eigenvalue weighted by atomic mass is 10.0. The molecule has 1 rings (SSSR count). The fraction of sp³-hybridized carbons (Fsp3) is 0.583. The molecule has 0 aliphatic heterocycles. The molecule has 0 saturated carbocycles. The number of aldehydes is 1. The number of nitrogens with one attached hydrogen (secondary N) is 4. The molecule has 0 radical (unpaired) electrons. The quantitative estimate of drug-likeness (QED) is 0.170. The Morgan fingerprint density at radius 3 is 1.94 bits per heavy atom. The molecule has 0 bridgehead atoms. The van der Waals surface area contributed by atoms with Crippen molar-refractivity contribution in [3.63, 3.8) is 0 Å². The lowest BCUT2D eigenvalue weighted by molar-refractivity contribution is -0.133. The van der Waals surface area contributed by atoms with Gasteiger partial charge in [0.15, 0.2) is 0 Å². The van der Waals surface area contributed by atoms with Gasteiger partial charge in [0.05, 0.1) is 12.1 Å². The highest BCUT2D eigenvalue weighted by atomic mass is 16.2. The molecule has 190 valence electrons. The van der Waals surface area contributed by atoms with Gasteiger partial charge in [0.2, 0.25) is 17.7 Å². The van der Waals surface area contributed by atoms with Crippen LogP contribution in [-0.4, -0.2) is 68.3 Å². The molecule has 1 aromatic rings. The summed E-state index contributed by atoms with van der Waals surface area (Å²) in [6.45, 7) is 4.27. The van der Waals surface area contributed by atoms with Gasteiger partial charge >= 0.3 is 0 Å². The fourth-order valence-electron chi connectivity index (χ4n) is 3.50. The lowest BCUT2D eigenvalue weighted by Gasteiger charge is -2.26. The third-order valence-corrected chi connectivity index (χ3v) is 5.35. The van der Waals surface area contributed by atoms with Gasteiger partial charge in [-0.1, -0.05) is 44.2 Å². The van der Waals surface area contributed by atoms with Crippen LogP contribution >= 0.6 is 0 Å². The van der Waals surface area contributed by atoms with Crippen LogP contribution in [-0.2, 0) is 25.6 Å². The summed E-state index contributed by atoms with van der Waals surface area (Å²) in [6, 6.07) is 6.54. The lowest BCUT2D eigenvalue weighted by Crippen LogP contribution is -2.57. The zero-order chi connectivity index (χ0) is 25.5. The zero-order valence-corrected chi connectivity index (χ0v) is 20.4. The van der Waals surface area contributed by atoms with Gasteiger partial charge in [-0.3, -0.25) is 14.4 Å². The van der Waals surface area contributed by atoms with Crippen molar-refractivity contribution in [3.05, 3.63) is 35.9 Å². The van der Waals surface area contributed by atoms with E-state index >= 15 is 0 Å². The first-order valence-electron chi connectivity index (χ1n) is 11.7. The summed E-state index contributed by atoms with van der Waals surface area (Å²) in [5.74, 6) is -1.19. The molecule has 10 nitrogen and oxygen atoms in total. The third-order valence-electron chi connectivity index (χ3n) is 5.35. The number of amides is 3. The van der Waals surface area contributed by atoms with Gasteiger partial charge in [-0.15, -0.1) is 0 Å². The molecule has 10 heteroatoms. The zero-order valence-electron chi connectivity index (χ0n) is 20.4. The highest BCUT2D eigenvalue weighted by Crippen LogP contribution is 2.08. The minimum atomic E-state index is -0.936. The van der Waals surface area contributed by atoms with Crippen molar-refractivity contribution in [1.29, 1.82) is 0 Å². The summed E-state index contributed by atoms with van der Waals surface area (Å²) in [6.07, 6.45) is 1.93. The minimum Gasteiger partial charge on any atom is -0.345 e. The molecular formula is C24H40N6O4. The van der Waals surface area contributed by atoms with Crippen molar-refractivity contribution in [2.24, 2.45) is 17.4 Å². The van der Waals surface area contributed by atoms with Crippen LogP contribution in [0.4, 0.5) is 0 Å². The molecule has 0 spiro atoms. The standard InChI is InChI=1S/C24H40N6O4/c1-16(2)13-21(30-23(33)20(27-3)14-17-7-5-4-6-8-17)24(34)29-19(10-12-26)22(32)28-18(15-31)9-11-25/h4-8,15-16,18-21,27H,9-14,25-26H2,1-3H3,(H,28,32)(H,29,34)(H,30,33)/t18?,19?,20-,21?/m1/s1. The smallest absolute Gasteiger partial charge is 0.243 e. The van der Waals surface area contributed by atoms with Crippen LogP contribution in [0.5, 0.6) is 0 Å². The Hall–Kier alpha value is -2.82. The molecule has 0 saturated heterocycles. The molecule has 1 aromatic carbocycles. The molecule has 0 fully saturated rings. The monoisotopic (exact) mass is 476 g/mol. The molecule has 0 aliphatic rings. The van der Waals surface area contributed by atoms with Crippen LogP contribution in [0.3, 0.4) is 0 Å². The summed E-state index contributed by atoms with van der Waals surface area (Å²) < 4.78 is 0. The van der Waals surface area contributed by atoms with Crippen LogP contribution in [0.15, 0.2) is 30.3 Å². The van der Waals surface area contributed by atoms with E-state index in [0.717, 1.165) is 5.56 Å². The Kier molecular flexibility index (Phi) is 13.7. The number of hydrogen-bond acceptors (Lipinski definition) is 7. The molecule has 0 aromatic heterocycles. The van der Waals surface area contributed by atoms with E-state index in [1.54, 1.807) is 7.05 Å². The first-order valence-corrected chi connectivity index (χ1v) is 11.7. The molecule has 3 amide bonds. The second-order valence-electron chi connectivity index (χ2n) is 8.69. The van der Waals surface area contributed by atoms with E-state index in [9.17, 15) is 19.2 Å². The number of rotatable bonds is 16. The molecule has 34 heavy (non-hydrogen) atoms. The van der Waals surface area contributed by atoms with E-state index in [2.05, 4.69) is 21.3 Å². The second kappa shape index (κ2) is 15.9. The number of nitrogens with two attached hydrogens (primary N) is 2. The van der Waals surface area contributed by atoms with Crippen molar-refractivity contribution >= 4 is 24.0 Å². The van der Waals surface area contributed by atoms with Crippen LogP contribution < -0.4 is 32.7 Å². The van der Waals surface area contributed by atoms with Crippen molar-refractivity contribution in [2.45, 2.75) is 63.7 Å². The molecule has 4 atom stereocenters. The van der Waals surface area contributed by atoms with Crippen LogP contribution in [0, 0.1) is 5.92 Å². The molecule has 0 heterocycles. The summed E-state index contributed by atoms with van der Waals surface area (Å²) in [4.78, 5) is 49.9. The maximum atomic E-state index is 13.1. The van der Waals surface area contributed by atoms with Gasteiger partial charge < -0.3 is 37.5 Å². The number of likely N-dealkylation sites (N-methyl/N-ethyl adjacent to an activating group) is 1. The van der Waals surface area contributed by atoms with Crippen molar-refractivity contribution in [2.75, 3.05) is 20.1 Å². The average Bonchev–Trinajstić information content (AvgIpc) is 2.81. The molecular weight excluding hydrogens is 436 g/mol. The predicted molar refractivity (Wildman–Crippen MR) is 132 cm³/mol. The second-order valence-corrected chi connectivity index (χ2v) is 8.69. The number of carbonyl (C=O) groups excluding carboxylic acids is 4. The van der Waals surface area contributed by atoms with Crippen LogP contribution in [0.2, 0.25) is 0 Å². The van der Waals surface area contributed by atoms with Gasteiger partial charge in [0.25, 0.3) is 0 Å². The summed E-state index contributed by atoms with van der Waals surface area (Å²) in [5.41, 5.74) is 12.1. The molecule has 8 N–H and O–H groups in total. The minimum absolute atomic E-state index is 0.115. The van der Waals surface area contributed by atoms with Crippen molar-refractivity contribution < 1.29 is 19.2 Å². The maximum absolute atomic E-state index is 13.1. The van der Waals surface area contributed by atoms with Gasteiger partial charge in [-0.25, -0.2) is 0 Å². The third kappa shape index (κ3) is 10.4. The Morgan fingerprint density at radius 1 is 0.853 bits per heavy atom. The van der Waals surface area contributed by atoms with Gasteiger partial charge in [-0.2, -0.15) is 0 Å². The van der Waals surface area contributed by atoms with E-state index in [4.69, 9.17) is 11.5 Å². The van der Waals surface area contributed by atoms with E-state index in [1.807, 2.05) is 44.2 Å². The fourth-order valence-corrected chi connectivity index (χ4v) is 3.50. The largest absolute Gasteiger partial charge is 0.345 e. The molecule has 3 unspecified atom stereocenters. The van der Waals surface area contributed by atoms with Crippen LogP contribution in [0.25, 0.3) is 0 Å². The SMILES string of the molecule is CN[C@H](Cc1ccccc1)C(=O)NC(CC(C)C)C(=O)NC(CCN)C(=O)NC(C=O)CCN. The summed E-state index contributed by atoms with van der Waals surface area (Å²) in [7, 11) is 1.69. The maximum Gasteiger partial charge on any atom is 0.243 e. The van der Waals surface area contributed by atoms with E-state index in [0.29, 0.717) is 19.1 Å². The van der Waals surface area contributed by atoms with E-state index in [-0.39, 0.29) is 37.8 Å². The van der Waals surface area contributed by atoms with E-state index in [1.165, 1.54) is 0 Å². The Balaban J connectivity index is 2.90. The first-order chi connectivity index (χ1) is 16.2. The Labute approximate surface area is 202 Å². The van der Waals surface area contributed by atoms with Crippen LogP contribution in [0.1, 0.15) is 38.7 Å². The number of hydrogen-bond donors (Lipinski definition) is 6. The normalized spacial score (nSPS) is 14.5. The average molecular weight is 477 g/mol. The summed E-state index contributed by atoms with van der Waals surface area (Å²) in [5, 5.41) is 11.1. The molecule has 0 aliphatic carbocycles.